The highest BCUT2D eigenvalue weighted by Crippen LogP contribution is 2.35. The third-order valence-corrected chi connectivity index (χ3v) is 4.37. The van der Waals surface area contributed by atoms with E-state index < -0.39 is 0 Å². The average molecular weight is 313 g/mol. The van der Waals surface area contributed by atoms with E-state index in [2.05, 4.69) is 27.5 Å². The monoisotopic (exact) mass is 313 g/mol. The van der Waals surface area contributed by atoms with Crippen molar-refractivity contribution in [3.8, 4) is 0 Å². The summed E-state index contributed by atoms with van der Waals surface area (Å²) in [6.07, 6.45) is 0.677. The van der Waals surface area contributed by atoms with Crippen LogP contribution in [-0.4, -0.2) is 15.9 Å². The van der Waals surface area contributed by atoms with Crippen molar-refractivity contribution in [3.63, 3.8) is 0 Å². The van der Waals surface area contributed by atoms with Gasteiger partial charge in [0.2, 0.25) is 0 Å². The first kappa shape index (κ1) is 14.0. The molecule has 0 radical (unpaired) electrons. The molecule has 2 N–H and O–H groups in total. The van der Waals surface area contributed by atoms with Gasteiger partial charge >= 0.3 is 0 Å². The summed E-state index contributed by atoms with van der Waals surface area (Å²) in [7, 11) is 0. The molecular weight excluding hydrogens is 298 g/mol. The van der Waals surface area contributed by atoms with E-state index in [1.165, 1.54) is 11.5 Å². The van der Waals surface area contributed by atoms with Crippen molar-refractivity contribution >= 4 is 50.3 Å². The summed E-state index contributed by atoms with van der Waals surface area (Å²) in [5.41, 5.74) is 7.83. The zero-order chi connectivity index (χ0) is 14.7. The highest BCUT2D eigenvalue weighted by Gasteiger charge is 2.15. The quantitative estimate of drug-likeness (QED) is 0.720. The molecule has 5 heteroatoms. The van der Waals surface area contributed by atoms with E-state index in [4.69, 9.17) is 18.0 Å². The van der Waals surface area contributed by atoms with Gasteiger partial charge in [-0.2, -0.15) is 4.37 Å². The van der Waals surface area contributed by atoms with Gasteiger partial charge in [0.05, 0.1) is 10.5 Å². The summed E-state index contributed by atoms with van der Waals surface area (Å²) in [4.78, 5) is 2.77. The number of para-hydroxylation sites is 1. The molecule has 3 nitrogen and oxygen atoms in total. The Labute approximate surface area is 133 Å². The second-order valence-electron chi connectivity index (χ2n) is 4.71. The molecule has 0 aliphatic carbocycles. The lowest BCUT2D eigenvalue weighted by atomic mass is 10.2. The zero-order valence-electron chi connectivity index (χ0n) is 11.4. The highest BCUT2D eigenvalue weighted by molar-refractivity contribution is 7.80. The predicted molar refractivity (Wildman–Crippen MR) is 94.5 cm³/mol. The second kappa shape index (κ2) is 6.20. The summed E-state index contributed by atoms with van der Waals surface area (Å²) >= 11 is 6.54. The molecule has 0 fully saturated rings. The highest BCUT2D eigenvalue weighted by atomic mass is 32.1. The molecule has 0 unspecified atom stereocenters. The molecule has 0 aliphatic heterocycles. The predicted octanol–water partition coefficient (Wildman–Crippen LogP) is 4.11. The number of benzene rings is 2. The summed E-state index contributed by atoms with van der Waals surface area (Å²) in [6, 6.07) is 18.4. The molecule has 0 amide bonds. The molecule has 3 aromatic rings. The van der Waals surface area contributed by atoms with Crippen molar-refractivity contribution in [1.82, 2.24) is 4.37 Å². The molecule has 0 atom stereocenters. The van der Waals surface area contributed by atoms with E-state index in [1.54, 1.807) is 0 Å². The third kappa shape index (κ3) is 3.04. The van der Waals surface area contributed by atoms with Crippen molar-refractivity contribution in [2.24, 2.45) is 5.73 Å². The minimum absolute atomic E-state index is 0.532. The minimum atomic E-state index is 0.532. The summed E-state index contributed by atoms with van der Waals surface area (Å²) in [6.45, 7) is 0.755. The van der Waals surface area contributed by atoms with Crippen LogP contribution < -0.4 is 10.6 Å². The molecule has 1 heterocycles. The first-order valence-electron chi connectivity index (χ1n) is 6.71. The smallest absolute Gasteiger partial charge is 0.124 e. The van der Waals surface area contributed by atoms with Crippen LogP contribution in [0.5, 0.6) is 0 Å². The Morgan fingerprint density at radius 3 is 2.57 bits per heavy atom. The number of fused-ring (bicyclic) bond motifs is 1. The number of anilines is 2. The SMILES string of the molecule is NC(=S)CCN(c1ccccc1)c1snc2ccccc12. The van der Waals surface area contributed by atoms with Gasteiger partial charge in [-0.05, 0) is 35.8 Å². The van der Waals surface area contributed by atoms with Crippen LogP contribution in [0.25, 0.3) is 10.9 Å². The van der Waals surface area contributed by atoms with Gasteiger partial charge < -0.3 is 10.6 Å². The Hall–Kier alpha value is -1.98. The average Bonchev–Trinajstić information content (AvgIpc) is 2.93. The number of aromatic nitrogens is 1. The lowest BCUT2D eigenvalue weighted by molar-refractivity contribution is 0.981. The first-order valence-corrected chi connectivity index (χ1v) is 7.89. The van der Waals surface area contributed by atoms with Gasteiger partial charge in [-0.25, -0.2) is 0 Å². The number of nitrogens with two attached hydrogens (primary N) is 1. The summed E-state index contributed by atoms with van der Waals surface area (Å²) in [5, 5.41) is 2.29. The molecule has 0 saturated heterocycles. The Morgan fingerprint density at radius 2 is 1.81 bits per heavy atom. The van der Waals surface area contributed by atoms with Crippen LogP contribution in [0.3, 0.4) is 0 Å². The molecular formula is C16H15N3S2. The Kier molecular flexibility index (Phi) is 4.13. The lowest BCUT2D eigenvalue weighted by Crippen LogP contribution is -2.22. The maximum atomic E-state index is 5.68. The number of thiocarbonyl (C=S) groups is 1. The standard InChI is InChI=1S/C16H15N3S2/c17-15(20)10-11-19(12-6-2-1-3-7-12)16-13-8-4-5-9-14(13)18-21-16/h1-9H,10-11H2,(H2,17,20). The van der Waals surface area contributed by atoms with Gasteiger partial charge in [0.1, 0.15) is 5.00 Å². The van der Waals surface area contributed by atoms with Gasteiger partial charge in [0, 0.05) is 24.0 Å². The fraction of sp³-hybridized carbons (Fsp3) is 0.125. The second-order valence-corrected chi connectivity index (χ2v) is 5.98. The van der Waals surface area contributed by atoms with Crippen molar-refractivity contribution in [2.75, 3.05) is 11.4 Å². The molecule has 0 spiro atoms. The van der Waals surface area contributed by atoms with Crippen LogP contribution in [-0.2, 0) is 0 Å². The van der Waals surface area contributed by atoms with Gasteiger partial charge in [0.15, 0.2) is 0 Å². The van der Waals surface area contributed by atoms with E-state index in [9.17, 15) is 0 Å². The van der Waals surface area contributed by atoms with E-state index in [0.717, 1.165) is 28.1 Å². The van der Waals surface area contributed by atoms with Crippen LogP contribution >= 0.6 is 23.8 Å². The van der Waals surface area contributed by atoms with E-state index in [-0.39, 0.29) is 0 Å². The van der Waals surface area contributed by atoms with Crippen molar-refractivity contribution in [2.45, 2.75) is 6.42 Å². The molecule has 0 aliphatic rings. The van der Waals surface area contributed by atoms with Crippen molar-refractivity contribution in [3.05, 3.63) is 54.6 Å². The van der Waals surface area contributed by atoms with E-state index in [1.807, 2.05) is 36.4 Å². The van der Waals surface area contributed by atoms with Crippen LogP contribution in [0.1, 0.15) is 6.42 Å². The van der Waals surface area contributed by atoms with Gasteiger partial charge in [-0.3, -0.25) is 0 Å². The zero-order valence-corrected chi connectivity index (χ0v) is 13.0. The van der Waals surface area contributed by atoms with Crippen LogP contribution in [0.2, 0.25) is 0 Å². The van der Waals surface area contributed by atoms with Crippen molar-refractivity contribution < 1.29 is 0 Å². The fourth-order valence-corrected chi connectivity index (χ4v) is 3.25. The van der Waals surface area contributed by atoms with Gasteiger partial charge in [-0.15, -0.1) is 0 Å². The Bertz CT molecular complexity index is 752. The number of hydrogen-bond acceptors (Lipinski definition) is 4. The van der Waals surface area contributed by atoms with Gasteiger partial charge in [-0.1, -0.05) is 42.5 Å². The van der Waals surface area contributed by atoms with E-state index in [0.29, 0.717) is 11.4 Å². The normalized spacial score (nSPS) is 10.7. The Morgan fingerprint density at radius 1 is 1.10 bits per heavy atom. The number of nitrogens with zero attached hydrogens (tertiary/aromatic N) is 2. The summed E-state index contributed by atoms with van der Waals surface area (Å²) < 4.78 is 4.53. The topological polar surface area (TPSA) is 42.1 Å². The van der Waals surface area contributed by atoms with Crippen LogP contribution in [0.15, 0.2) is 54.6 Å². The lowest BCUT2D eigenvalue weighted by Gasteiger charge is -2.23. The maximum Gasteiger partial charge on any atom is 0.124 e. The fourth-order valence-electron chi connectivity index (χ4n) is 2.25. The molecule has 2 aromatic carbocycles. The first-order chi connectivity index (χ1) is 10.3. The Balaban J connectivity index is 2.04. The number of rotatable bonds is 5. The van der Waals surface area contributed by atoms with Crippen LogP contribution in [0.4, 0.5) is 10.7 Å². The van der Waals surface area contributed by atoms with Crippen LogP contribution in [0, 0.1) is 0 Å². The molecule has 21 heavy (non-hydrogen) atoms. The molecule has 0 saturated carbocycles. The maximum absolute atomic E-state index is 5.68. The molecule has 0 bridgehead atoms. The number of hydrogen-bond donors (Lipinski definition) is 1. The largest absolute Gasteiger partial charge is 0.393 e. The van der Waals surface area contributed by atoms with Gasteiger partial charge in [0.25, 0.3) is 0 Å². The molecule has 1 aromatic heterocycles. The summed E-state index contributed by atoms with van der Waals surface area (Å²) in [5.74, 6) is 0. The molecule has 106 valence electrons. The third-order valence-electron chi connectivity index (χ3n) is 3.26. The molecule has 3 rings (SSSR count). The van der Waals surface area contributed by atoms with E-state index >= 15 is 0 Å². The minimum Gasteiger partial charge on any atom is -0.393 e. The van der Waals surface area contributed by atoms with Crippen molar-refractivity contribution in [1.29, 1.82) is 0 Å².